The fourth-order valence-electron chi connectivity index (χ4n) is 1.11. The molecular weight excluding hydrogens is 246 g/mol. The maximum Gasteiger partial charge on any atom is 0.0928 e. The number of hydrogen-bond acceptors (Lipinski definition) is 2. The molecule has 0 aliphatic carbocycles. The molecule has 0 aliphatic rings. The molecule has 0 fully saturated rings. The molecule has 0 bridgehead atoms. The second-order valence-corrected chi connectivity index (χ2v) is 5.80. The summed E-state index contributed by atoms with van der Waals surface area (Å²) < 4.78 is 0. The normalized spacial score (nSPS) is 13.6. The first-order valence-corrected chi connectivity index (χ1v) is 6.44. The first-order chi connectivity index (χ1) is 6.09. The van der Waals surface area contributed by atoms with Crippen LogP contribution in [0.2, 0.25) is 0 Å². The molecule has 0 aliphatic heterocycles. The Morgan fingerprint density at radius 3 is 2.69 bits per heavy atom. The van der Waals surface area contributed by atoms with Crippen LogP contribution in [0.4, 0.5) is 0 Å². The van der Waals surface area contributed by atoms with Crippen molar-refractivity contribution in [2.45, 2.75) is 38.4 Å². The van der Waals surface area contributed by atoms with Gasteiger partial charge in [-0.05, 0) is 19.3 Å². The average Bonchev–Trinajstić information content (AvgIpc) is 2.47. The molecule has 0 aromatic carbocycles. The lowest BCUT2D eigenvalue weighted by Crippen LogP contribution is -2.07. The predicted molar refractivity (Wildman–Crippen MR) is 62.7 cm³/mol. The molecule has 1 aromatic rings. The highest BCUT2D eigenvalue weighted by atomic mass is 79.9. The Morgan fingerprint density at radius 1 is 1.54 bits per heavy atom. The van der Waals surface area contributed by atoms with E-state index in [0.29, 0.717) is 10.7 Å². The first-order valence-electron chi connectivity index (χ1n) is 4.64. The van der Waals surface area contributed by atoms with E-state index in [9.17, 15) is 0 Å². The van der Waals surface area contributed by atoms with E-state index >= 15 is 0 Å². The van der Waals surface area contributed by atoms with Gasteiger partial charge in [-0.15, -0.1) is 11.3 Å². The summed E-state index contributed by atoms with van der Waals surface area (Å²) in [5.41, 5.74) is 1.15. The Labute approximate surface area is 92.7 Å². The summed E-state index contributed by atoms with van der Waals surface area (Å²) in [5.74, 6) is 0.709. The third kappa shape index (κ3) is 3.77. The third-order valence-electron chi connectivity index (χ3n) is 2.02. The van der Waals surface area contributed by atoms with Crippen molar-refractivity contribution in [3.05, 3.63) is 16.1 Å². The van der Waals surface area contributed by atoms with Crippen LogP contribution in [0.5, 0.6) is 0 Å². The largest absolute Gasteiger partial charge is 0.247 e. The fraction of sp³-hybridized carbons (Fsp3) is 0.700. The summed E-state index contributed by atoms with van der Waals surface area (Å²) in [7, 11) is 0. The van der Waals surface area contributed by atoms with Crippen LogP contribution in [0.15, 0.2) is 5.38 Å². The van der Waals surface area contributed by atoms with Crippen LogP contribution >= 0.6 is 27.3 Å². The van der Waals surface area contributed by atoms with Crippen molar-refractivity contribution < 1.29 is 0 Å². The van der Waals surface area contributed by atoms with E-state index < -0.39 is 0 Å². The van der Waals surface area contributed by atoms with Crippen LogP contribution in [-0.4, -0.2) is 9.81 Å². The summed E-state index contributed by atoms with van der Waals surface area (Å²) in [6.07, 6.45) is 2.29. The second-order valence-electron chi connectivity index (χ2n) is 3.68. The van der Waals surface area contributed by atoms with Gasteiger partial charge in [-0.2, -0.15) is 0 Å². The molecule has 1 nitrogen and oxygen atoms in total. The lowest BCUT2D eigenvalue weighted by Gasteiger charge is -2.11. The molecule has 0 saturated carbocycles. The molecule has 1 rings (SSSR count). The van der Waals surface area contributed by atoms with Crippen molar-refractivity contribution in [3.63, 3.8) is 0 Å². The van der Waals surface area contributed by atoms with Crippen LogP contribution in [-0.2, 0) is 6.42 Å². The summed E-state index contributed by atoms with van der Waals surface area (Å²) in [6.45, 7) is 6.53. The molecule has 74 valence electrons. The lowest BCUT2D eigenvalue weighted by molar-refractivity contribution is 0.581. The van der Waals surface area contributed by atoms with Gasteiger partial charge in [-0.3, -0.25) is 0 Å². The zero-order valence-corrected chi connectivity index (χ0v) is 10.8. The number of alkyl halides is 1. The molecule has 0 N–H and O–H groups in total. The molecule has 1 atom stereocenters. The molecule has 1 heterocycles. The van der Waals surface area contributed by atoms with Gasteiger partial charge in [0.1, 0.15) is 0 Å². The number of thiazole rings is 1. The highest BCUT2D eigenvalue weighted by Crippen LogP contribution is 2.19. The summed E-state index contributed by atoms with van der Waals surface area (Å²) in [6, 6.07) is 0. The third-order valence-corrected chi connectivity index (χ3v) is 4.57. The van der Waals surface area contributed by atoms with Crippen molar-refractivity contribution in [2.24, 2.45) is 5.92 Å². The standard InChI is InChI=1S/C10H16BrNS/c1-7(2)9(11)4-5-10-12-8(3)6-13-10/h6-7,9H,4-5H2,1-3H3. The summed E-state index contributed by atoms with van der Waals surface area (Å²) in [4.78, 5) is 5.06. The average molecular weight is 262 g/mol. The SMILES string of the molecule is Cc1csc(CCC(Br)C(C)C)n1. The smallest absolute Gasteiger partial charge is 0.0928 e. The monoisotopic (exact) mass is 261 g/mol. The van der Waals surface area contributed by atoms with Crippen LogP contribution in [0.3, 0.4) is 0 Å². The van der Waals surface area contributed by atoms with E-state index in [-0.39, 0.29) is 0 Å². The van der Waals surface area contributed by atoms with Gasteiger partial charge in [0.15, 0.2) is 0 Å². The highest BCUT2D eigenvalue weighted by Gasteiger charge is 2.09. The van der Waals surface area contributed by atoms with E-state index in [2.05, 4.69) is 40.1 Å². The minimum atomic E-state index is 0.622. The second kappa shape index (κ2) is 5.11. The first kappa shape index (κ1) is 11.2. The van der Waals surface area contributed by atoms with E-state index in [1.165, 1.54) is 11.4 Å². The van der Waals surface area contributed by atoms with Crippen LogP contribution in [0.1, 0.15) is 31.0 Å². The maximum absolute atomic E-state index is 4.44. The molecule has 0 spiro atoms. The van der Waals surface area contributed by atoms with Gasteiger partial charge in [0.05, 0.1) is 5.01 Å². The van der Waals surface area contributed by atoms with Crippen LogP contribution in [0, 0.1) is 12.8 Å². The Hall–Kier alpha value is 0.110. The van der Waals surface area contributed by atoms with E-state index in [1.807, 2.05) is 6.92 Å². The molecule has 0 amide bonds. The number of halogens is 1. The van der Waals surface area contributed by atoms with Crippen LogP contribution in [0.25, 0.3) is 0 Å². The van der Waals surface area contributed by atoms with Gasteiger partial charge in [0.25, 0.3) is 0 Å². The predicted octanol–water partition coefficient (Wildman–Crippen LogP) is 3.80. The fourth-order valence-corrected chi connectivity index (χ4v) is 2.13. The van der Waals surface area contributed by atoms with Gasteiger partial charge in [-0.1, -0.05) is 29.8 Å². The Morgan fingerprint density at radius 2 is 2.23 bits per heavy atom. The summed E-state index contributed by atoms with van der Waals surface area (Å²) in [5, 5.41) is 3.39. The lowest BCUT2D eigenvalue weighted by atomic mass is 10.1. The quantitative estimate of drug-likeness (QED) is 0.752. The zero-order valence-electron chi connectivity index (χ0n) is 8.38. The maximum atomic E-state index is 4.44. The molecule has 3 heteroatoms. The summed E-state index contributed by atoms with van der Waals surface area (Å²) >= 11 is 5.45. The van der Waals surface area contributed by atoms with Gasteiger partial charge >= 0.3 is 0 Å². The van der Waals surface area contributed by atoms with Gasteiger partial charge in [0.2, 0.25) is 0 Å². The van der Waals surface area contributed by atoms with Crippen molar-refractivity contribution in [3.8, 4) is 0 Å². The molecule has 1 aromatic heterocycles. The van der Waals surface area contributed by atoms with E-state index in [0.717, 1.165) is 12.1 Å². The Bertz CT molecular complexity index is 257. The number of hydrogen-bond donors (Lipinski definition) is 0. The number of nitrogens with zero attached hydrogens (tertiary/aromatic N) is 1. The zero-order chi connectivity index (χ0) is 9.84. The van der Waals surface area contributed by atoms with Gasteiger partial charge in [-0.25, -0.2) is 4.98 Å². The van der Waals surface area contributed by atoms with Crippen molar-refractivity contribution in [1.82, 2.24) is 4.98 Å². The number of aromatic nitrogens is 1. The van der Waals surface area contributed by atoms with Crippen LogP contribution < -0.4 is 0 Å². The molecule has 0 saturated heterocycles. The van der Waals surface area contributed by atoms with Crippen molar-refractivity contribution in [2.75, 3.05) is 0 Å². The topological polar surface area (TPSA) is 12.9 Å². The number of aryl methyl sites for hydroxylation is 2. The van der Waals surface area contributed by atoms with Gasteiger partial charge < -0.3 is 0 Å². The molecular formula is C10H16BrNS. The highest BCUT2D eigenvalue weighted by molar-refractivity contribution is 9.09. The Kier molecular flexibility index (Phi) is 4.39. The Balaban J connectivity index is 2.35. The molecule has 0 radical (unpaired) electrons. The molecule has 1 unspecified atom stereocenters. The number of rotatable bonds is 4. The van der Waals surface area contributed by atoms with E-state index in [1.54, 1.807) is 11.3 Å². The molecule has 13 heavy (non-hydrogen) atoms. The minimum absolute atomic E-state index is 0.622. The van der Waals surface area contributed by atoms with E-state index in [4.69, 9.17) is 0 Å². The van der Waals surface area contributed by atoms with Crippen molar-refractivity contribution in [1.29, 1.82) is 0 Å². The van der Waals surface area contributed by atoms with Crippen molar-refractivity contribution >= 4 is 27.3 Å². The van der Waals surface area contributed by atoms with Gasteiger partial charge in [0, 0.05) is 22.3 Å². The minimum Gasteiger partial charge on any atom is -0.247 e.